The van der Waals surface area contributed by atoms with Gasteiger partial charge >= 0.3 is 0 Å². The zero-order valence-corrected chi connectivity index (χ0v) is 11.0. The van der Waals surface area contributed by atoms with E-state index in [1.165, 1.54) is 5.56 Å². The lowest BCUT2D eigenvalue weighted by molar-refractivity contribution is 0.0469. The van der Waals surface area contributed by atoms with Gasteiger partial charge < -0.3 is 5.11 Å². The fourth-order valence-electron chi connectivity index (χ4n) is 2.10. The third-order valence-electron chi connectivity index (χ3n) is 2.96. The van der Waals surface area contributed by atoms with Crippen LogP contribution >= 0.6 is 0 Å². The van der Waals surface area contributed by atoms with E-state index in [4.69, 9.17) is 0 Å². The van der Waals surface area contributed by atoms with Crippen molar-refractivity contribution in [3.63, 3.8) is 0 Å². The third kappa shape index (κ3) is 3.64. The molecule has 0 aromatic heterocycles. The lowest BCUT2D eigenvalue weighted by atomic mass is 9.90. The first-order valence-electron chi connectivity index (χ1n) is 6.27. The second kappa shape index (κ2) is 5.49. The van der Waals surface area contributed by atoms with E-state index in [1.54, 1.807) is 0 Å². The Bertz CT molecular complexity index is 309. The minimum absolute atomic E-state index is 0.675. The van der Waals surface area contributed by atoms with Crippen LogP contribution in [-0.2, 0) is 12.0 Å². The quantitative estimate of drug-likeness (QED) is 0.798. The van der Waals surface area contributed by atoms with Gasteiger partial charge in [-0.1, -0.05) is 51.5 Å². The van der Waals surface area contributed by atoms with Crippen LogP contribution in [0.2, 0.25) is 0 Å². The summed E-state index contributed by atoms with van der Waals surface area (Å²) in [5, 5.41) is 10.3. The summed E-state index contributed by atoms with van der Waals surface area (Å²) >= 11 is 0. The first-order valence-corrected chi connectivity index (χ1v) is 6.27. The van der Waals surface area contributed by atoms with Gasteiger partial charge in [0.15, 0.2) is 0 Å². The molecule has 0 heterocycles. The van der Waals surface area contributed by atoms with Gasteiger partial charge in [-0.25, -0.2) is 0 Å². The van der Waals surface area contributed by atoms with Gasteiger partial charge in [0, 0.05) is 0 Å². The van der Waals surface area contributed by atoms with E-state index in [9.17, 15) is 5.11 Å². The summed E-state index contributed by atoms with van der Waals surface area (Å²) in [7, 11) is 0. The van der Waals surface area contributed by atoms with E-state index < -0.39 is 5.60 Å². The molecule has 0 unspecified atom stereocenters. The lowest BCUT2D eigenvalue weighted by Crippen LogP contribution is -2.20. The highest BCUT2D eigenvalue weighted by Gasteiger charge is 2.21. The number of aliphatic hydroxyl groups is 1. The molecule has 1 nitrogen and oxygen atoms in total. The Morgan fingerprint density at radius 2 is 1.75 bits per heavy atom. The van der Waals surface area contributed by atoms with Crippen molar-refractivity contribution in [3.05, 3.63) is 35.4 Å². The molecule has 1 heteroatoms. The fourth-order valence-corrected chi connectivity index (χ4v) is 2.10. The van der Waals surface area contributed by atoms with E-state index in [-0.39, 0.29) is 0 Å². The second-order valence-electron chi connectivity index (χ2n) is 5.32. The average molecular weight is 220 g/mol. The van der Waals surface area contributed by atoms with Gasteiger partial charge in [-0.05, 0) is 36.8 Å². The maximum atomic E-state index is 10.3. The molecule has 0 aliphatic carbocycles. The first-order chi connectivity index (χ1) is 7.45. The molecule has 0 fully saturated rings. The topological polar surface area (TPSA) is 20.2 Å². The Morgan fingerprint density at radius 3 is 2.19 bits per heavy atom. The van der Waals surface area contributed by atoms with Gasteiger partial charge in [0.2, 0.25) is 0 Å². The molecule has 0 radical (unpaired) electrons. The second-order valence-corrected chi connectivity index (χ2v) is 5.32. The van der Waals surface area contributed by atoms with Crippen molar-refractivity contribution in [2.45, 2.75) is 52.6 Å². The zero-order chi connectivity index (χ0) is 12.2. The summed E-state index contributed by atoms with van der Waals surface area (Å²) < 4.78 is 0. The summed E-state index contributed by atoms with van der Waals surface area (Å²) in [6.45, 7) is 8.44. The first kappa shape index (κ1) is 13.2. The van der Waals surface area contributed by atoms with E-state index in [0.717, 1.165) is 24.8 Å². The van der Waals surface area contributed by atoms with E-state index in [0.29, 0.717) is 5.92 Å². The van der Waals surface area contributed by atoms with Crippen molar-refractivity contribution >= 4 is 0 Å². The number of benzene rings is 1. The molecule has 1 aromatic carbocycles. The molecule has 90 valence electrons. The number of rotatable bonds is 5. The smallest absolute Gasteiger partial charge is 0.0868 e. The normalized spacial score (nSPS) is 15.1. The highest BCUT2D eigenvalue weighted by molar-refractivity contribution is 5.26. The highest BCUT2D eigenvalue weighted by Crippen LogP contribution is 2.26. The van der Waals surface area contributed by atoms with Crippen molar-refractivity contribution in [3.8, 4) is 0 Å². The number of hydrogen-bond donors (Lipinski definition) is 1. The molecule has 1 N–H and O–H groups in total. The molecule has 0 aliphatic heterocycles. The Balaban J connectivity index is 2.78. The maximum Gasteiger partial charge on any atom is 0.0868 e. The summed E-state index contributed by atoms with van der Waals surface area (Å²) in [6.07, 6.45) is 2.92. The largest absolute Gasteiger partial charge is 0.385 e. The lowest BCUT2D eigenvalue weighted by Gasteiger charge is -2.23. The van der Waals surface area contributed by atoms with Crippen molar-refractivity contribution in [1.82, 2.24) is 0 Å². The Kier molecular flexibility index (Phi) is 4.55. The Hall–Kier alpha value is -0.820. The molecule has 0 bridgehead atoms. The van der Waals surface area contributed by atoms with E-state index >= 15 is 0 Å². The van der Waals surface area contributed by atoms with Crippen LogP contribution in [0.3, 0.4) is 0 Å². The highest BCUT2D eigenvalue weighted by atomic mass is 16.3. The monoisotopic (exact) mass is 220 g/mol. The van der Waals surface area contributed by atoms with Crippen molar-refractivity contribution in [2.24, 2.45) is 5.92 Å². The summed E-state index contributed by atoms with van der Waals surface area (Å²) in [5.41, 5.74) is 1.71. The molecule has 0 aliphatic rings. The third-order valence-corrected chi connectivity index (χ3v) is 2.96. The molecule has 0 saturated heterocycles. The Labute approximate surface area is 99.5 Å². The summed E-state index contributed by atoms with van der Waals surface area (Å²) in [4.78, 5) is 0. The minimum Gasteiger partial charge on any atom is -0.385 e. The number of hydrogen-bond acceptors (Lipinski definition) is 1. The molecule has 1 aromatic rings. The van der Waals surface area contributed by atoms with Gasteiger partial charge in [-0.2, -0.15) is 0 Å². The standard InChI is InChI=1S/C15H24O/c1-5-10-15(4,16)14-8-6-13(7-9-14)11-12(2)3/h6-9,12,16H,5,10-11H2,1-4H3/t15-/m1/s1. The van der Waals surface area contributed by atoms with Crippen molar-refractivity contribution in [2.75, 3.05) is 0 Å². The van der Waals surface area contributed by atoms with Crippen LogP contribution in [0.1, 0.15) is 51.7 Å². The van der Waals surface area contributed by atoms with Gasteiger partial charge in [0.1, 0.15) is 0 Å². The zero-order valence-electron chi connectivity index (χ0n) is 11.0. The molecule has 1 rings (SSSR count). The predicted octanol–water partition coefficient (Wildman–Crippen LogP) is 3.89. The van der Waals surface area contributed by atoms with Gasteiger partial charge in [0.05, 0.1) is 5.60 Å². The predicted molar refractivity (Wildman–Crippen MR) is 69.5 cm³/mol. The van der Waals surface area contributed by atoms with E-state index in [1.807, 2.05) is 6.92 Å². The molecular formula is C15H24O. The van der Waals surface area contributed by atoms with Gasteiger partial charge in [-0.3, -0.25) is 0 Å². The van der Waals surface area contributed by atoms with Gasteiger partial charge in [0.25, 0.3) is 0 Å². The van der Waals surface area contributed by atoms with Crippen LogP contribution < -0.4 is 0 Å². The molecule has 1 atom stereocenters. The van der Waals surface area contributed by atoms with Crippen molar-refractivity contribution < 1.29 is 5.11 Å². The van der Waals surface area contributed by atoms with E-state index in [2.05, 4.69) is 45.0 Å². The molecule has 0 amide bonds. The fraction of sp³-hybridized carbons (Fsp3) is 0.600. The molecular weight excluding hydrogens is 196 g/mol. The summed E-state index contributed by atoms with van der Waals surface area (Å²) in [6, 6.07) is 8.40. The van der Waals surface area contributed by atoms with Crippen LogP contribution in [0, 0.1) is 5.92 Å². The van der Waals surface area contributed by atoms with Crippen molar-refractivity contribution in [1.29, 1.82) is 0 Å². The minimum atomic E-state index is -0.675. The van der Waals surface area contributed by atoms with Crippen LogP contribution in [-0.4, -0.2) is 5.11 Å². The van der Waals surface area contributed by atoms with Crippen LogP contribution in [0.15, 0.2) is 24.3 Å². The van der Waals surface area contributed by atoms with Crippen LogP contribution in [0.4, 0.5) is 0 Å². The van der Waals surface area contributed by atoms with Gasteiger partial charge in [-0.15, -0.1) is 0 Å². The summed E-state index contributed by atoms with van der Waals surface area (Å²) in [5.74, 6) is 0.682. The van der Waals surface area contributed by atoms with Crippen LogP contribution in [0.25, 0.3) is 0 Å². The Morgan fingerprint density at radius 1 is 1.19 bits per heavy atom. The average Bonchev–Trinajstić information content (AvgIpc) is 2.17. The molecule has 0 saturated carbocycles. The van der Waals surface area contributed by atoms with Crippen LogP contribution in [0.5, 0.6) is 0 Å². The SMILES string of the molecule is CCC[C@@](C)(O)c1ccc(CC(C)C)cc1. The molecule has 16 heavy (non-hydrogen) atoms. The molecule has 0 spiro atoms. The maximum absolute atomic E-state index is 10.3.